The lowest BCUT2D eigenvalue weighted by atomic mass is 10.1. The maximum Gasteiger partial charge on any atom is 0.338 e. The summed E-state index contributed by atoms with van der Waals surface area (Å²) in [5.74, 6) is -2.03. The molecule has 21 heavy (non-hydrogen) atoms. The Hall–Kier alpha value is -1.93. The van der Waals surface area contributed by atoms with Gasteiger partial charge in [0.2, 0.25) is 10.0 Å². The van der Waals surface area contributed by atoms with E-state index in [4.69, 9.17) is 9.84 Å². The van der Waals surface area contributed by atoms with Crippen LogP contribution in [0, 0.1) is 0 Å². The number of carbonyl (C=O) groups excluding carboxylic acids is 1. The number of rotatable bonds is 7. The van der Waals surface area contributed by atoms with Gasteiger partial charge in [0.1, 0.15) is 6.54 Å². The van der Waals surface area contributed by atoms with Crippen LogP contribution in [0.15, 0.2) is 24.3 Å². The Morgan fingerprint density at radius 2 is 1.81 bits per heavy atom. The van der Waals surface area contributed by atoms with Crippen LogP contribution in [-0.4, -0.2) is 50.0 Å². The molecule has 0 saturated carbocycles. The Morgan fingerprint density at radius 3 is 2.29 bits per heavy atom. The first-order valence-electron chi connectivity index (χ1n) is 6.18. The quantitative estimate of drug-likeness (QED) is 0.744. The van der Waals surface area contributed by atoms with E-state index in [2.05, 4.69) is 0 Å². The number of carboxylic acid groups (broad SMARTS) is 1. The maximum atomic E-state index is 11.9. The van der Waals surface area contributed by atoms with Gasteiger partial charge in [-0.15, -0.1) is 0 Å². The van der Waals surface area contributed by atoms with Crippen LogP contribution in [0.3, 0.4) is 0 Å². The van der Waals surface area contributed by atoms with Crippen molar-refractivity contribution in [2.45, 2.75) is 12.7 Å². The van der Waals surface area contributed by atoms with Gasteiger partial charge in [0.15, 0.2) is 0 Å². The summed E-state index contributed by atoms with van der Waals surface area (Å²) >= 11 is 0. The van der Waals surface area contributed by atoms with Gasteiger partial charge in [-0.05, 0) is 24.6 Å². The number of esters is 1. The van der Waals surface area contributed by atoms with Crippen LogP contribution in [0.5, 0.6) is 0 Å². The van der Waals surface area contributed by atoms with Gasteiger partial charge in [-0.25, -0.2) is 13.2 Å². The molecule has 1 aromatic carbocycles. The molecule has 0 bridgehead atoms. The normalized spacial score (nSPS) is 11.4. The monoisotopic (exact) mass is 315 g/mol. The van der Waals surface area contributed by atoms with Gasteiger partial charge in [-0.1, -0.05) is 12.1 Å². The van der Waals surface area contributed by atoms with E-state index < -0.39 is 28.5 Å². The number of sulfonamides is 1. The predicted molar refractivity (Wildman–Crippen MR) is 75.3 cm³/mol. The molecular weight excluding hydrogens is 298 g/mol. The van der Waals surface area contributed by atoms with Crippen LogP contribution in [0.4, 0.5) is 0 Å². The Balaban J connectivity index is 2.79. The standard InChI is InChI=1S/C13H17NO6S/c1-3-20-13(17)11-6-4-10(5-7-11)9-21(18,19)14(2)8-12(15)16/h4-7H,3,8-9H2,1-2H3,(H,15,16). The highest BCUT2D eigenvalue weighted by molar-refractivity contribution is 7.88. The highest BCUT2D eigenvalue weighted by Crippen LogP contribution is 2.11. The van der Waals surface area contributed by atoms with Crippen molar-refractivity contribution in [3.05, 3.63) is 35.4 Å². The van der Waals surface area contributed by atoms with Crippen molar-refractivity contribution in [1.82, 2.24) is 4.31 Å². The summed E-state index contributed by atoms with van der Waals surface area (Å²) in [5.41, 5.74) is 0.789. The highest BCUT2D eigenvalue weighted by Gasteiger charge is 2.20. The number of likely N-dealkylation sites (N-methyl/N-ethyl adjacent to an activating group) is 1. The van der Waals surface area contributed by atoms with Gasteiger partial charge in [0.05, 0.1) is 17.9 Å². The second-order valence-corrected chi connectivity index (χ2v) is 6.40. The van der Waals surface area contributed by atoms with Gasteiger partial charge >= 0.3 is 11.9 Å². The van der Waals surface area contributed by atoms with Crippen LogP contribution in [0.2, 0.25) is 0 Å². The molecule has 0 aliphatic carbocycles. The lowest BCUT2D eigenvalue weighted by molar-refractivity contribution is -0.137. The molecule has 0 spiro atoms. The van der Waals surface area contributed by atoms with E-state index >= 15 is 0 Å². The van der Waals surface area contributed by atoms with Crippen LogP contribution < -0.4 is 0 Å². The fourth-order valence-electron chi connectivity index (χ4n) is 1.56. The molecule has 116 valence electrons. The molecule has 1 rings (SSSR count). The Bertz CT molecular complexity index is 608. The van der Waals surface area contributed by atoms with Crippen molar-refractivity contribution in [2.24, 2.45) is 0 Å². The van der Waals surface area contributed by atoms with E-state index in [0.717, 1.165) is 4.31 Å². The Kier molecular flexibility index (Phi) is 5.86. The third-order valence-electron chi connectivity index (χ3n) is 2.65. The van der Waals surface area contributed by atoms with Gasteiger partial charge in [0, 0.05) is 7.05 Å². The van der Waals surface area contributed by atoms with Crippen LogP contribution >= 0.6 is 0 Å². The van der Waals surface area contributed by atoms with Gasteiger partial charge < -0.3 is 9.84 Å². The molecule has 8 heteroatoms. The molecule has 0 atom stereocenters. The van der Waals surface area contributed by atoms with Crippen molar-refractivity contribution in [1.29, 1.82) is 0 Å². The van der Waals surface area contributed by atoms with Crippen molar-refractivity contribution < 1.29 is 27.9 Å². The first-order chi connectivity index (χ1) is 9.76. The first kappa shape index (κ1) is 17.1. The molecule has 0 aliphatic heterocycles. The molecule has 0 amide bonds. The zero-order chi connectivity index (χ0) is 16.0. The van der Waals surface area contributed by atoms with Crippen molar-refractivity contribution >= 4 is 22.0 Å². The van der Waals surface area contributed by atoms with E-state index in [9.17, 15) is 18.0 Å². The largest absolute Gasteiger partial charge is 0.480 e. The second-order valence-electron chi connectivity index (χ2n) is 4.32. The molecule has 0 fully saturated rings. The summed E-state index contributed by atoms with van der Waals surface area (Å²) in [6.45, 7) is 1.36. The van der Waals surface area contributed by atoms with Crippen LogP contribution in [0.1, 0.15) is 22.8 Å². The van der Waals surface area contributed by atoms with Gasteiger partial charge in [-0.2, -0.15) is 4.31 Å². The van der Waals surface area contributed by atoms with Crippen LogP contribution in [0.25, 0.3) is 0 Å². The third-order valence-corrected chi connectivity index (χ3v) is 4.42. The average Bonchev–Trinajstić information content (AvgIpc) is 2.38. The molecule has 0 aliphatic rings. The first-order valence-corrected chi connectivity index (χ1v) is 7.79. The molecule has 0 radical (unpaired) electrons. The highest BCUT2D eigenvalue weighted by atomic mass is 32.2. The number of nitrogens with zero attached hydrogens (tertiary/aromatic N) is 1. The summed E-state index contributed by atoms with van der Waals surface area (Å²) in [5, 5.41) is 8.60. The molecule has 1 N–H and O–H groups in total. The number of carboxylic acids is 1. The van der Waals surface area contributed by atoms with Crippen molar-refractivity contribution in [2.75, 3.05) is 20.2 Å². The molecule has 7 nitrogen and oxygen atoms in total. The molecular formula is C13H17NO6S. The number of hydrogen-bond donors (Lipinski definition) is 1. The molecule has 0 unspecified atom stereocenters. The summed E-state index contributed by atoms with van der Waals surface area (Å²) in [6.07, 6.45) is 0. The van der Waals surface area contributed by atoms with E-state index in [1.807, 2.05) is 0 Å². The smallest absolute Gasteiger partial charge is 0.338 e. The fraction of sp³-hybridized carbons (Fsp3) is 0.385. The zero-order valence-electron chi connectivity index (χ0n) is 11.8. The van der Waals surface area contributed by atoms with Gasteiger partial charge in [-0.3, -0.25) is 4.79 Å². The lowest BCUT2D eigenvalue weighted by Crippen LogP contribution is -2.32. The number of ether oxygens (including phenoxy) is 1. The van der Waals surface area contributed by atoms with Gasteiger partial charge in [0.25, 0.3) is 0 Å². The van der Waals surface area contributed by atoms with E-state index in [1.54, 1.807) is 6.92 Å². The minimum Gasteiger partial charge on any atom is -0.480 e. The Morgan fingerprint density at radius 1 is 1.24 bits per heavy atom. The molecule has 0 saturated heterocycles. The SMILES string of the molecule is CCOC(=O)c1ccc(CS(=O)(=O)N(C)CC(=O)O)cc1. The number of benzene rings is 1. The van der Waals surface area contributed by atoms with E-state index in [1.165, 1.54) is 31.3 Å². The van der Waals surface area contributed by atoms with Crippen molar-refractivity contribution in [3.63, 3.8) is 0 Å². The molecule has 0 aromatic heterocycles. The third kappa shape index (κ3) is 5.16. The minimum absolute atomic E-state index is 0.259. The number of aliphatic carboxylic acids is 1. The number of carbonyl (C=O) groups is 2. The predicted octanol–water partition coefficient (Wildman–Crippen LogP) is 0.709. The number of hydrogen-bond acceptors (Lipinski definition) is 5. The zero-order valence-corrected chi connectivity index (χ0v) is 12.6. The maximum absolute atomic E-state index is 11.9. The summed E-state index contributed by atoms with van der Waals surface area (Å²) < 4.78 is 29.4. The average molecular weight is 315 g/mol. The van der Waals surface area contributed by atoms with Crippen LogP contribution in [-0.2, 0) is 25.3 Å². The van der Waals surface area contributed by atoms with E-state index in [-0.39, 0.29) is 12.4 Å². The fourth-order valence-corrected chi connectivity index (χ4v) is 2.70. The van der Waals surface area contributed by atoms with Crippen molar-refractivity contribution in [3.8, 4) is 0 Å². The van der Waals surface area contributed by atoms with E-state index in [0.29, 0.717) is 11.1 Å². The topological polar surface area (TPSA) is 101 Å². The second kappa shape index (κ2) is 7.19. The summed E-state index contributed by atoms with van der Waals surface area (Å²) in [6, 6.07) is 5.94. The summed E-state index contributed by atoms with van der Waals surface area (Å²) in [7, 11) is -2.51. The Labute approximate surface area is 123 Å². The lowest BCUT2D eigenvalue weighted by Gasteiger charge is -2.14. The summed E-state index contributed by atoms with van der Waals surface area (Å²) in [4.78, 5) is 22.0. The molecule has 0 heterocycles. The molecule has 1 aromatic rings. The minimum atomic E-state index is -3.72.